The number of nitrogens with two attached hydrogens (primary N) is 1. The first kappa shape index (κ1) is 21.9. The molecule has 154 valence electrons. The van der Waals surface area contributed by atoms with Gasteiger partial charge in [-0.1, -0.05) is 48.5 Å². The molecule has 0 saturated heterocycles. The molecule has 1 atom stereocenters. The van der Waals surface area contributed by atoms with Crippen molar-refractivity contribution in [1.29, 1.82) is 0 Å². The van der Waals surface area contributed by atoms with Gasteiger partial charge in [-0.05, 0) is 29.3 Å². The zero-order valence-electron chi connectivity index (χ0n) is 16.3. The van der Waals surface area contributed by atoms with Crippen LogP contribution >= 0.6 is 0 Å². The summed E-state index contributed by atoms with van der Waals surface area (Å²) in [6, 6.07) is 14.6. The van der Waals surface area contributed by atoms with E-state index in [-0.39, 0.29) is 25.0 Å². The number of fused-ring (bicyclic) bond motifs is 3. The summed E-state index contributed by atoms with van der Waals surface area (Å²) in [5, 5.41) is 13.8. The SMILES string of the molecule is CC(=O)NC[C@H](NC(=O)OCC1c2ccccc2-c2ccccc21)C(=O)O.CN. The second-order valence-corrected chi connectivity index (χ2v) is 6.30. The van der Waals surface area contributed by atoms with Crippen molar-refractivity contribution in [2.75, 3.05) is 20.2 Å². The minimum atomic E-state index is -1.26. The van der Waals surface area contributed by atoms with Crippen LogP contribution in [0.5, 0.6) is 0 Å². The molecule has 1 aliphatic rings. The predicted molar refractivity (Wildman–Crippen MR) is 108 cm³/mol. The van der Waals surface area contributed by atoms with Crippen molar-refractivity contribution >= 4 is 18.0 Å². The van der Waals surface area contributed by atoms with Crippen molar-refractivity contribution < 1.29 is 24.2 Å². The number of carbonyl (C=O) groups is 3. The van der Waals surface area contributed by atoms with Crippen molar-refractivity contribution in [3.8, 4) is 11.1 Å². The van der Waals surface area contributed by atoms with E-state index in [1.807, 2.05) is 48.5 Å². The highest BCUT2D eigenvalue weighted by atomic mass is 16.5. The third-order valence-corrected chi connectivity index (χ3v) is 4.49. The number of hydrogen-bond donors (Lipinski definition) is 4. The van der Waals surface area contributed by atoms with E-state index in [1.54, 1.807) is 0 Å². The Hall–Kier alpha value is -3.39. The highest BCUT2D eigenvalue weighted by molar-refractivity contribution is 5.82. The molecule has 2 amide bonds. The molecule has 5 N–H and O–H groups in total. The third kappa shape index (κ3) is 5.32. The van der Waals surface area contributed by atoms with Crippen LogP contribution in [0.1, 0.15) is 24.0 Å². The lowest BCUT2D eigenvalue weighted by molar-refractivity contribution is -0.139. The Bertz CT molecular complexity index is 839. The number of carboxylic acids is 1. The number of benzene rings is 2. The van der Waals surface area contributed by atoms with Gasteiger partial charge in [-0.25, -0.2) is 9.59 Å². The fourth-order valence-corrected chi connectivity index (χ4v) is 3.23. The van der Waals surface area contributed by atoms with Crippen molar-refractivity contribution in [3.63, 3.8) is 0 Å². The Labute approximate surface area is 169 Å². The molecule has 29 heavy (non-hydrogen) atoms. The van der Waals surface area contributed by atoms with Crippen molar-refractivity contribution in [2.45, 2.75) is 18.9 Å². The van der Waals surface area contributed by atoms with E-state index in [0.717, 1.165) is 22.3 Å². The molecule has 2 aromatic carbocycles. The molecule has 0 unspecified atom stereocenters. The number of ether oxygens (including phenoxy) is 1. The molecular formula is C21H25N3O5. The van der Waals surface area contributed by atoms with Crippen LogP contribution in [-0.4, -0.2) is 49.3 Å². The number of rotatable bonds is 6. The molecule has 0 aromatic heterocycles. The molecule has 2 aromatic rings. The highest BCUT2D eigenvalue weighted by Crippen LogP contribution is 2.44. The third-order valence-electron chi connectivity index (χ3n) is 4.49. The van der Waals surface area contributed by atoms with E-state index >= 15 is 0 Å². The number of carboxylic acid groups (broad SMARTS) is 1. The first-order chi connectivity index (χ1) is 14.0. The standard InChI is InChI=1S/C20H20N2O5.CH5N/c1-12(23)21-10-18(19(24)25)22-20(26)27-11-17-15-8-4-2-6-13(15)14-7-3-5-9-16(14)17;1-2/h2-9,17-18H,10-11H2,1H3,(H,21,23)(H,22,26)(H,24,25);2H2,1H3/t18-;/m0./s1. The lowest BCUT2D eigenvalue weighted by atomic mass is 9.98. The molecular weight excluding hydrogens is 374 g/mol. The van der Waals surface area contributed by atoms with Gasteiger partial charge in [0, 0.05) is 19.4 Å². The quantitative estimate of drug-likeness (QED) is 0.585. The van der Waals surface area contributed by atoms with Gasteiger partial charge in [-0.3, -0.25) is 4.79 Å². The van der Waals surface area contributed by atoms with Gasteiger partial charge in [0.2, 0.25) is 5.91 Å². The smallest absolute Gasteiger partial charge is 0.407 e. The summed E-state index contributed by atoms with van der Waals surface area (Å²) in [6.07, 6.45) is -0.838. The van der Waals surface area contributed by atoms with Gasteiger partial charge in [0.25, 0.3) is 0 Å². The van der Waals surface area contributed by atoms with Crippen LogP contribution in [-0.2, 0) is 14.3 Å². The van der Waals surface area contributed by atoms with E-state index in [4.69, 9.17) is 9.84 Å². The average molecular weight is 399 g/mol. The number of aliphatic carboxylic acids is 1. The van der Waals surface area contributed by atoms with Crippen molar-refractivity contribution in [2.24, 2.45) is 5.73 Å². The summed E-state index contributed by atoms with van der Waals surface area (Å²) < 4.78 is 5.30. The highest BCUT2D eigenvalue weighted by Gasteiger charge is 2.29. The molecule has 0 heterocycles. The molecule has 8 heteroatoms. The van der Waals surface area contributed by atoms with Crippen LogP contribution in [0, 0.1) is 0 Å². The maximum absolute atomic E-state index is 12.1. The molecule has 0 spiro atoms. The number of hydrogen-bond acceptors (Lipinski definition) is 5. The molecule has 1 aliphatic carbocycles. The Balaban J connectivity index is 0.00000145. The fraction of sp³-hybridized carbons (Fsp3) is 0.286. The average Bonchev–Trinajstić information content (AvgIpc) is 3.04. The first-order valence-electron chi connectivity index (χ1n) is 9.14. The van der Waals surface area contributed by atoms with Crippen LogP contribution < -0.4 is 16.4 Å². The normalized spacial score (nSPS) is 12.5. The monoisotopic (exact) mass is 399 g/mol. The number of alkyl carbamates (subject to hydrolysis) is 1. The second-order valence-electron chi connectivity index (χ2n) is 6.30. The number of nitrogens with one attached hydrogen (secondary N) is 2. The van der Waals surface area contributed by atoms with Crippen LogP contribution in [0.3, 0.4) is 0 Å². The summed E-state index contributed by atoms with van der Waals surface area (Å²) in [5.41, 5.74) is 8.85. The molecule has 3 rings (SSSR count). The van der Waals surface area contributed by atoms with Gasteiger partial charge >= 0.3 is 12.1 Å². The van der Waals surface area contributed by atoms with Gasteiger partial charge in [0.15, 0.2) is 0 Å². The van der Waals surface area contributed by atoms with Crippen molar-refractivity contribution in [1.82, 2.24) is 10.6 Å². The minimum Gasteiger partial charge on any atom is -0.480 e. The van der Waals surface area contributed by atoms with Crippen LogP contribution in [0.4, 0.5) is 4.79 Å². The first-order valence-corrected chi connectivity index (χ1v) is 9.14. The maximum atomic E-state index is 12.1. The summed E-state index contributed by atoms with van der Waals surface area (Å²) in [7, 11) is 1.50. The Kier molecular flexibility index (Phi) is 7.73. The molecule has 0 bridgehead atoms. The molecule has 0 aliphatic heterocycles. The topological polar surface area (TPSA) is 131 Å². The van der Waals surface area contributed by atoms with Crippen LogP contribution in [0.25, 0.3) is 11.1 Å². The Morgan fingerprint density at radius 2 is 1.55 bits per heavy atom. The molecule has 0 fully saturated rings. The maximum Gasteiger partial charge on any atom is 0.407 e. The summed E-state index contributed by atoms with van der Waals surface area (Å²) in [5.74, 6) is -1.74. The fourth-order valence-electron chi connectivity index (χ4n) is 3.23. The molecule has 0 saturated carbocycles. The van der Waals surface area contributed by atoms with E-state index in [0.29, 0.717) is 0 Å². The largest absolute Gasteiger partial charge is 0.480 e. The van der Waals surface area contributed by atoms with Gasteiger partial charge in [0.05, 0.1) is 0 Å². The summed E-state index contributed by atoms with van der Waals surface area (Å²) in [6.45, 7) is 1.15. The minimum absolute atomic E-state index is 0.0896. The number of amides is 2. The Morgan fingerprint density at radius 1 is 1.03 bits per heavy atom. The number of carbonyl (C=O) groups excluding carboxylic acids is 2. The van der Waals surface area contributed by atoms with Crippen LogP contribution in [0.2, 0.25) is 0 Å². The van der Waals surface area contributed by atoms with Gasteiger partial charge in [-0.2, -0.15) is 0 Å². The predicted octanol–water partition coefficient (Wildman–Crippen LogP) is 1.69. The van der Waals surface area contributed by atoms with Gasteiger partial charge in [-0.15, -0.1) is 0 Å². The lowest BCUT2D eigenvalue weighted by Crippen LogP contribution is -2.48. The molecule has 0 radical (unpaired) electrons. The van der Waals surface area contributed by atoms with Crippen molar-refractivity contribution in [3.05, 3.63) is 59.7 Å². The zero-order chi connectivity index (χ0) is 21.4. The summed E-state index contributed by atoms with van der Waals surface area (Å²) >= 11 is 0. The van der Waals surface area contributed by atoms with E-state index in [2.05, 4.69) is 16.4 Å². The molecule has 8 nitrogen and oxygen atoms in total. The van der Waals surface area contributed by atoms with Crippen LogP contribution in [0.15, 0.2) is 48.5 Å². The van der Waals surface area contributed by atoms with Gasteiger partial charge in [0.1, 0.15) is 12.6 Å². The van der Waals surface area contributed by atoms with Gasteiger partial charge < -0.3 is 26.2 Å². The van der Waals surface area contributed by atoms with E-state index in [9.17, 15) is 14.4 Å². The van der Waals surface area contributed by atoms with E-state index < -0.39 is 18.1 Å². The lowest BCUT2D eigenvalue weighted by Gasteiger charge is -2.17. The Morgan fingerprint density at radius 3 is 2.03 bits per heavy atom. The van der Waals surface area contributed by atoms with E-state index in [1.165, 1.54) is 14.0 Å². The zero-order valence-corrected chi connectivity index (χ0v) is 16.3. The second kappa shape index (κ2) is 10.2. The summed E-state index contributed by atoms with van der Waals surface area (Å²) in [4.78, 5) is 34.2.